The van der Waals surface area contributed by atoms with Crippen molar-refractivity contribution in [1.82, 2.24) is 0 Å². The summed E-state index contributed by atoms with van der Waals surface area (Å²) in [6, 6.07) is 14.3. The molecule has 0 saturated carbocycles. The number of ether oxygens (including phenoxy) is 3. The van der Waals surface area contributed by atoms with Crippen molar-refractivity contribution in [2.75, 3.05) is 20.3 Å². The van der Waals surface area contributed by atoms with Crippen LogP contribution in [0.25, 0.3) is 0 Å². The number of rotatable bonds is 6. The molecule has 2 aromatic carbocycles. The average Bonchev–Trinajstić information content (AvgIpc) is 2.52. The third-order valence-electron chi connectivity index (χ3n) is 2.74. The minimum atomic E-state index is 0.361. The van der Waals surface area contributed by atoms with Crippen LogP contribution in [0, 0.1) is 11.3 Å². The van der Waals surface area contributed by atoms with Crippen LogP contribution >= 0.6 is 11.6 Å². The molecule has 0 bridgehead atoms. The van der Waals surface area contributed by atoms with Crippen LogP contribution < -0.4 is 14.2 Å². The van der Waals surface area contributed by atoms with E-state index in [9.17, 15) is 0 Å². The summed E-state index contributed by atoms with van der Waals surface area (Å²) in [5.41, 5.74) is 0.425. The molecule has 4 nitrogen and oxygen atoms in total. The van der Waals surface area contributed by atoms with E-state index < -0.39 is 0 Å². The van der Waals surface area contributed by atoms with Crippen molar-refractivity contribution < 1.29 is 14.2 Å². The number of methoxy groups -OCH3 is 1. The van der Waals surface area contributed by atoms with Gasteiger partial charge in [0, 0.05) is 6.07 Å². The molecule has 5 heteroatoms. The van der Waals surface area contributed by atoms with Crippen molar-refractivity contribution in [3.8, 4) is 23.3 Å². The van der Waals surface area contributed by atoms with E-state index in [0.29, 0.717) is 41.0 Å². The van der Waals surface area contributed by atoms with Crippen LogP contribution in [0.4, 0.5) is 0 Å². The molecule has 0 fully saturated rings. The molecule has 0 saturated heterocycles. The lowest BCUT2D eigenvalue weighted by molar-refractivity contribution is 0.211. The third-order valence-corrected chi connectivity index (χ3v) is 3.05. The van der Waals surface area contributed by atoms with Gasteiger partial charge in [0.05, 0.1) is 17.7 Å². The van der Waals surface area contributed by atoms with Gasteiger partial charge in [-0.25, -0.2) is 0 Å². The largest absolute Gasteiger partial charge is 0.493 e. The summed E-state index contributed by atoms with van der Waals surface area (Å²) in [5, 5.41) is 9.17. The smallest absolute Gasteiger partial charge is 0.161 e. The van der Waals surface area contributed by atoms with Gasteiger partial charge in [0.25, 0.3) is 0 Å². The Labute approximate surface area is 128 Å². The van der Waals surface area contributed by atoms with Crippen LogP contribution in [0.2, 0.25) is 5.02 Å². The highest BCUT2D eigenvalue weighted by molar-refractivity contribution is 6.31. The second-order valence-electron chi connectivity index (χ2n) is 4.10. The third kappa shape index (κ3) is 4.04. The van der Waals surface area contributed by atoms with E-state index in [1.807, 2.05) is 30.3 Å². The van der Waals surface area contributed by atoms with Crippen molar-refractivity contribution in [3.05, 3.63) is 53.1 Å². The Balaban J connectivity index is 1.85. The number of nitrogens with zero attached hydrogens (tertiary/aromatic N) is 1. The Bertz CT molecular complexity index is 652. The fourth-order valence-electron chi connectivity index (χ4n) is 1.73. The van der Waals surface area contributed by atoms with Crippen LogP contribution in [0.15, 0.2) is 42.5 Å². The molecular formula is C16H14ClNO3. The Morgan fingerprint density at radius 1 is 1.05 bits per heavy atom. The van der Waals surface area contributed by atoms with E-state index in [4.69, 9.17) is 31.1 Å². The van der Waals surface area contributed by atoms with Crippen LogP contribution in [-0.4, -0.2) is 20.3 Å². The maximum atomic E-state index is 8.79. The molecule has 2 aromatic rings. The molecule has 0 amide bonds. The molecule has 108 valence electrons. The van der Waals surface area contributed by atoms with Gasteiger partial charge in [0.2, 0.25) is 0 Å². The van der Waals surface area contributed by atoms with Crippen molar-refractivity contribution in [2.45, 2.75) is 0 Å². The summed E-state index contributed by atoms with van der Waals surface area (Å²) in [5.74, 6) is 1.95. The van der Waals surface area contributed by atoms with Gasteiger partial charge >= 0.3 is 0 Å². The lowest BCUT2D eigenvalue weighted by atomic mass is 10.2. The number of nitriles is 1. The molecule has 0 unspecified atom stereocenters. The van der Waals surface area contributed by atoms with Gasteiger partial charge in [-0.3, -0.25) is 0 Å². The van der Waals surface area contributed by atoms with E-state index in [0.717, 1.165) is 0 Å². The lowest BCUT2D eigenvalue weighted by Crippen LogP contribution is -2.09. The summed E-state index contributed by atoms with van der Waals surface area (Å²) in [6.45, 7) is 0.734. The number of halogens is 1. The van der Waals surface area contributed by atoms with Gasteiger partial charge in [0.1, 0.15) is 25.0 Å². The fraction of sp³-hybridized carbons (Fsp3) is 0.188. The maximum absolute atomic E-state index is 8.79. The van der Waals surface area contributed by atoms with E-state index in [2.05, 4.69) is 0 Å². The molecule has 0 aliphatic heterocycles. The number of hydrogen-bond donors (Lipinski definition) is 0. The second kappa shape index (κ2) is 7.41. The van der Waals surface area contributed by atoms with Gasteiger partial charge in [-0.15, -0.1) is 0 Å². The van der Waals surface area contributed by atoms with Crippen molar-refractivity contribution >= 4 is 11.6 Å². The van der Waals surface area contributed by atoms with Crippen LogP contribution in [-0.2, 0) is 0 Å². The zero-order valence-corrected chi connectivity index (χ0v) is 12.3. The molecule has 2 rings (SSSR count). The van der Waals surface area contributed by atoms with Gasteiger partial charge in [-0.2, -0.15) is 5.26 Å². The molecule has 0 N–H and O–H groups in total. The average molecular weight is 304 g/mol. The molecule has 21 heavy (non-hydrogen) atoms. The van der Waals surface area contributed by atoms with E-state index in [-0.39, 0.29) is 0 Å². The zero-order valence-electron chi connectivity index (χ0n) is 11.5. The molecular weight excluding hydrogens is 290 g/mol. The van der Waals surface area contributed by atoms with Crippen LogP contribution in [0.1, 0.15) is 5.56 Å². The lowest BCUT2D eigenvalue weighted by Gasteiger charge is -2.11. The van der Waals surface area contributed by atoms with Crippen LogP contribution in [0.5, 0.6) is 17.2 Å². The maximum Gasteiger partial charge on any atom is 0.161 e. The Morgan fingerprint density at radius 3 is 2.43 bits per heavy atom. The van der Waals surface area contributed by atoms with E-state index >= 15 is 0 Å². The first-order valence-corrected chi connectivity index (χ1v) is 6.70. The Morgan fingerprint density at radius 2 is 1.76 bits per heavy atom. The fourth-order valence-corrected chi connectivity index (χ4v) is 1.94. The minimum absolute atomic E-state index is 0.361. The molecule has 0 aliphatic rings. The van der Waals surface area contributed by atoms with Gasteiger partial charge in [-0.1, -0.05) is 23.7 Å². The summed E-state index contributed by atoms with van der Waals surface area (Å²) in [6.07, 6.45) is 0. The highest BCUT2D eigenvalue weighted by Crippen LogP contribution is 2.26. The predicted molar refractivity (Wildman–Crippen MR) is 80.2 cm³/mol. The van der Waals surface area contributed by atoms with Gasteiger partial charge < -0.3 is 14.2 Å². The summed E-state index contributed by atoms with van der Waals surface area (Å²) in [7, 11) is 1.59. The minimum Gasteiger partial charge on any atom is -0.493 e. The second-order valence-corrected chi connectivity index (χ2v) is 4.51. The molecule has 0 aliphatic carbocycles. The topological polar surface area (TPSA) is 51.5 Å². The number of hydrogen-bond acceptors (Lipinski definition) is 4. The number of benzene rings is 2. The van der Waals surface area contributed by atoms with Gasteiger partial charge in [0.15, 0.2) is 11.5 Å². The van der Waals surface area contributed by atoms with E-state index in [1.54, 1.807) is 25.3 Å². The standard InChI is InChI=1S/C16H14ClNO3/c1-19-15-4-2-3-5-16(15)21-9-8-20-13-7-6-12(11-18)14(17)10-13/h2-7,10H,8-9H2,1H3. The summed E-state index contributed by atoms with van der Waals surface area (Å²) in [4.78, 5) is 0. The molecule has 0 spiro atoms. The highest BCUT2D eigenvalue weighted by atomic mass is 35.5. The Kier molecular flexibility index (Phi) is 5.30. The monoisotopic (exact) mass is 303 g/mol. The normalized spacial score (nSPS) is 9.76. The first-order chi connectivity index (χ1) is 10.2. The van der Waals surface area contributed by atoms with Crippen molar-refractivity contribution in [1.29, 1.82) is 5.26 Å². The SMILES string of the molecule is COc1ccccc1OCCOc1ccc(C#N)c(Cl)c1. The number of para-hydroxylation sites is 2. The van der Waals surface area contributed by atoms with Crippen LogP contribution in [0.3, 0.4) is 0 Å². The molecule has 0 heterocycles. The van der Waals surface area contributed by atoms with E-state index in [1.165, 1.54) is 0 Å². The quantitative estimate of drug-likeness (QED) is 0.764. The van der Waals surface area contributed by atoms with Crippen molar-refractivity contribution in [2.24, 2.45) is 0 Å². The summed E-state index contributed by atoms with van der Waals surface area (Å²) < 4.78 is 16.3. The zero-order chi connectivity index (χ0) is 15.1. The highest BCUT2D eigenvalue weighted by Gasteiger charge is 2.04. The molecule has 0 atom stereocenters. The van der Waals surface area contributed by atoms with Gasteiger partial charge in [-0.05, 0) is 24.3 Å². The first-order valence-electron chi connectivity index (χ1n) is 6.33. The predicted octanol–water partition coefficient (Wildman–Crippen LogP) is 3.68. The molecule has 0 radical (unpaired) electrons. The Hall–Kier alpha value is -2.38. The molecule has 0 aromatic heterocycles. The first kappa shape index (κ1) is 15.0. The van der Waals surface area contributed by atoms with Crippen molar-refractivity contribution in [3.63, 3.8) is 0 Å². The summed E-state index contributed by atoms with van der Waals surface area (Å²) >= 11 is 5.93.